The summed E-state index contributed by atoms with van der Waals surface area (Å²) in [5, 5.41) is 5.91. The fourth-order valence-corrected chi connectivity index (χ4v) is 3.19. The van der Waals surface area contributed by atoms with Crippen molar-refractivity contribution in [1.82, 2.24) is 9.97 Å². The Morgan fingerprint density at radius 1 is 0.844 bits per heavy atom. The zero-order valence-electron chi connectivity index (χ0n) is 18.0. The molecule has 1 amide bonds. The van der Waals surface area contributed by atoms with E-state index in [1.807, 2.05) is 91.9 Å². The molecule has 0 atom stereocenters. The summed E-state index contributed by atoms with van der Waals surface area (Å²) in [6.07, 6.45) is 0. The van der Waals surface area contributed by atoms with Gasteiger partial charge in [-0.05, 0) is 49.4 Å². The van der Waals surface area contributed by atoms with Crippen molar-refractivity contribution in [3.63, 3.8) is 0 Å². The molecule has 0 bridgehead atoms. The van der Waals surface area contributed by atoms with E-state index in [2.05, 4.69) is 20.6 Å². The summed E-state index contributed by atoms with van der Waals surface area (Å²) in [6.45, 7) is 2.15. The number of anilines is 2. The largest absolute Gasteiger partial charge is 0.497 e. The normalized spacial score (nSPS) is 10.4. The molecule has 0 spiro atoms. The molecule has 0 aliphatic heterocycles. The second kappa shape index (κ2) is 9.75. The molecule has 0 fully saturated rings. The lowest BCUT2D eigenvalue weighted by Gasteiger charge is -2.11. The monoisotopic (exact) mass is 424 g/mol. The van der Waals surface area contributed by atoms with Gasteiger partial charge in [-0.1, -0.05) is 48.0 Å². The van der Waals surface area contributed by atoms with Crippen LogP contribution in [0.5, 0.6) is 5.75 Å². The Hall–Kier alpha value is -4.19. The zero-order valence-corrected chi connectivity index (χ0v) is 18.0. The Labute approximate surface area is 187 Å². The van der Waals surface area contributed by atoms with Crippen molar-refractivity contribution in [3.8, 4) is 28.3 Å². The van der Waals surface area contributed by atoms with Gasteiger partial charge in [0.25, 0.3) is 0 Å². The van der Waals surface area contributed by atoms with Crippen molar-refractivity contribution >= 4 is 17.5 Å². The van der Waals surface area contributed by atoms with Gasteiger partial charge in [-0.3, -0.25) is 10.1 Å². The van der Waals surface area contributed by atoms with E-state index in [1.54, 1.807) is 7.11 Å². The van der Waals surface area contributed by atoms with Crippen LogP contribution in [0.2, 0.25) is 0 Å². The molecule has 4 aromatic rings. The molecule has 0 aliphatic rings. The molecule has 6 nitrogen and oxygen atoms in total. The number of carbonyl (C=O) groups excluding carboxylic acids is 1. The number of aryl methyl sites for hydroxylation is 1. The first kappa shape index (κ1) is 21.1. The average Bonchev–Trinajstić information content (AvgIpc) is 2.84. The number of carbonyl (C=O) groups is 1. The van der Waals surface area contributed by atoms with Crippen LogP contribution in [0.15, 0.2) is 84.9 Å². The second-order valence-electron chi connectivity index (χ2n) is 7.32. The smallest absolute Gasteiger partial charge is 0.246 e. The first-order chi connectivity index (χ1) is 15.6. The van der Waals surface area contributed by atoms with Crippen molar-refractivity contribution in [2.24, 2.45) is 0 Å². The van der Waals surface area contributed by atoms with Gasteiger partial charge in [0.1, 0.15) is 5.75 Å². The zero-order chi connectivity index (χ0) is 22.3. The number of nitrogens with one attached hydrogen (secondary N) is 2. The molecule has 3 aromatic carbocycles. The standard InChI is InChI=1S/C26H24N4O2/c1-18-8-10-19(11-9-18)23-16-24(20-12-14-22(32-2)15-13-20)29-26(28-23)30-25(31)17-27-21-6-4-3-5-7-21/h3-16,27H,17H2,1-2H3,(H,28,29,30,31). The summed E-state index contributed by atoms with van der Waals surface area (Å²) < 4.78 is 5.25. The number of hydrogen-bond donors (Lipinski definition) is 2. The minimum absolute atomic E-state index is 0.111. The van der Waals surface area contributed by atoms with E-state index >= 15 is 0 Å². The molecule has 2 N–H and O–H groups in total. The van der Waals surface area contributed by atoms with Gasteiger partial charge in [0.05, 0.1) is 25.0 Å². The third-order valence-electron chi connectivity index (χ3n) is 4.94. The van der Waals surface area contributed by atoms with Crippen LogP contribution in [0.4, 0.5) is 11.6 Å². The lowest BCUT2D eigenvalue weighted by atomic mass is 10.1. The Morgan fingerprint density at radius 2 is 1.44 bits per heavy atom. The highest BCUT2D eigenvalue weighted by molar-refractivity contribution is 5.92. The van der Waals surface area contributed by atoms with E-state index < -0.39 is 0 Å². The fourth-order valence-electron chi connectivity index (χ4n) is 3.19. The van der Waals surface area contributed by atoms with Gasteiger partial charge in [0, 0.05) is 16.8 Å². The van der Waals surface area contributed by atoms with Crippen molar-refractivity contribution in [2.75, 3.05) is 24.3 Å². The summed E-state index contributed by atoms with van der Waals surface area (Å²) >= 11 is 0. The van der Waals surface area contributed by atoms with Crippen molar-refractivity contribution in [2.45, 2.75) is 6.92 Å². The molecule has 0 saturated heterocycles. The number of nitrogens with zero attached hydrogens (tertiary/aromatic N) is 2. The van der Waals surface area contributed by atoms with E-state index in [0.717, 1.165) is 28.3 Å². The summed E-state index contributed by atoms with van der Waals surface area (Å²) in [5.74, 6) is 0.798. The molecular weight excluding hydrogens is 400 g/mol. The summed E-state index contributed by atoms with van der Waals surface area (Å²) in [7, 11) is 1.63. The minimum atomic E-state index is -0.226. The highest BCUT2D eigenvalue weighted by Gasteiger charge is 2.11. The van der Waals surface area contributed by atoms with Gasteiger partial charge >= 0.3 is 0 Å². The number of aromatic nitrogens is 2. The van der Waals surface area contributed by atoms with E-state index in [0.29, 0.717) is 5.69 Å². The van der Waals surface area contributed by atoms with Gasteiger partial charge in [-0.25, -0.2) is 9.97 Å². The molecule has 0 saturated carbocycles. The molecule has 1 heterocycles. The van der Waals surface area contributed by atoms with Crippen LogP contribution in [-0.2, 0) is 4.79 Å². The summed E-state index contributed by atoms with van der Waals surface area (Å²) in [6, 6.07) is 27.2. The fraction of sp³-hybridized carbons (Fsp3) is 0.115. The highest BCUT2D eigenvalue weighted by atomic mass is 16.5. The molecule has 1 aromatic heterocycles. The van der Waals surface area contributed by atoms with Crippen molar-refractivity contribution < 1.29 is 9.53 Å². The lowest BCUT2D eigenvalue weighted by molar-refractivity contribution is -0.114. The van der Waals surface area contributed by atoms with Crippen LogP contribution in [-0.4, -0.2) is 29.5 Å². The van der Waals surface area contributed by atoms with Gasteiger partial charge in [0.2, 0.25) is 11.9 Å². The predicted molar refractivity (Wildman–Crippen MR) is 128 cm³/mol. The van der Waals surface area contributed by atoms with Gasteiger partial charge < -0.3 is 10.1 Å². The topological polar surface area (TPSA) is 76.1 Å². The van der Waals surface area contributed by atoms with Crippen LogP contribution in [0.25, 0.3) is 22.5 Å². The molecule has 0 unspecified atom stereocenters. The molecule has 32 heavy (non-hydrogen) atoms. The van der Waals surface area contributed by atoms with Crippen molar-refractivity contribution in [3.05, 3.63) is 90.5 Å². The first-order valence-electron chi connectivity index (χ1n) is 10.3. The lowest BCUT2D eigenvalue weighted by Crippen LogP contribution is -2.23. The first-order valence-corrected chi connectivity index (χ1v) is 10.3. The Bertz CT molecular complexity index is 1190. The van der Waals surface area contributed by atoms with E-state index in [9.17, 15) is 4.79 Å². The number of amides is 1. The maximum absolute atomic E-state index is 12.5. The van der Waals surface area contributed by atoms with Crippen LogP contribution in [0.1, 0.15) is 5.56 Å². The molecular formula is C26H24N4O2. The Balaban J connectivity index is 1.61. The number of para-hydroxylation sites is 1. The van der Waals surface area contributed by atoms with Crippen LogP contribution in [0, 0.1) is 6.92 Å². The van der Waals surface area contributed by atoms with Gasteiger partial charge in [-0.2, -0.15) is 0 Å². The third kappa shape index (κ3) is 5.29. The molecule has 0 aliphatic carbocycles. The summed E-state index contributed by atoms with van der Waals surface area (Å²) in [4.78, 5) is 21.7. The van der Waals surface area contributed by atoms with E-state index in [-0.39, 0.29) is 18.4 Å². The van der Waals surface area contributed by atoms with Gasteiger partial charge in [-0.15, -0.1) is 0 Å². The number of rotatable bonds is 7. The minimum Gasteiger partial charge on any atom is -0.497 e. The summed E-state index contributed by atoms with van der Waals surface area (Å²) in [5.41, 5.74) is 5.33. The van der Waals surface area contributed by atoms with E-state index in [4.69, 9.17) is 4.74 Å². The molecule has 6 heteroatoms. The molecule has 4 rings (SSSR count). The molecule has 0 radical (unpaired) electrons. The van der Waals surface area contributed by atoms with Crippen LogP contribution >= 0.6 is 0 Å². The quantitative estimate of drug-likeness (QED) is 0.428. The number of hydrogen-bond acceptors (Lipinski definition) is 5. The molecule has 160 valence electrons. The van der Waals surface area contributed by atoms with E-state index in [1.165, 1.54) is 5.56 Å². The van der Waals surface area contributed by atoms with Crippen molar-refractivity contribution in [1.29, 1.82) is 0 Å². The Morgan fingerprint density at radius 3 is 2.03 bits per heavy atom. The maximum atomic E-state index is 12.5. The van der Waals surface area contributed by atoms with Gasteiger partial charge in [0.15, 0.2) is 0 Å². The maximum Gasteiger partial charge on any atom is 0.246 e. The van der Waals surface area contributed by atoms with Crippen LogP contribution < -0.4 is 15.4 Å². The highest BCUT2D eigenvalue weighted by Crippen LogP contribution is 2.27. The predicted octanol–water partition coefficient (Wildman–Crippen LogP) is 5.18. The number of benzene rings is 3. The second-order valence-corrected chi connectivity index (χ2v) is 7.32. The number of ether oxygens (including phenoxy) is 1. The Kier molecular flexibility index (Phi) is 6.41. The third-order valence-corrected chi connectivity index (χ3v) is 4.94. The number of methoxy groups -OCH3 is 1. The van der Waals surface area contributed by atoms with Crippen LogP contribution in [0.3, 0.4) is 0 Å². The average molecular weight is 425 g/mol. The SMILES string of the molecule is COc1ccc(-c2cc(-c3ccc(C)cc3)nc(NC(=O)CNc3ccccc3)n2)cc1.